The molecule has 1 unspecified atom stereocenters. The Kier molecular flexibility index (Phi) is 8.10. The molecule has 0 aliphatic rings. The van der Waals surface area contributed by atoms with Crippen molar-refractivity contribution in [3.05, 3.63) is 16.7 Å². The van der Waals surface area contributed by atoms with Crippen LogP contribution in [-0.2, 0) is 13.0 Å². The number of aromatic nitrogens is 2. The molecule has 1 aromatic heterocycles. The van der Waals surface area contributed by atoms with E-state index in [4.69, 9.17) is 16.7 Å². The second kappa shape index (κ2) is 9.34. The van der Waals surface area contributed by atoms with Gasteiger partial charge in [0.2, 0.25) is 0 Å². The summed E-state index contributed by atoms with van der Waals surface area (Å²) in [6.45, 7) is 6.16. The van der Waals surface area contributed by atoms with Gasteiger partial charge in [-0.15, -0.1) is 0 Å². The summed E-state index contributed by atoms with van der Waals surface area (Å²) in [6.07, 6.45) is 5.37. The maximum Gasteiger partial charge on any atom is 0.151 e. The van der Waals surface area contributed by atoms with E-state index in [1.165, 1.54) is 0 Å². The second-order valence-corrected chi connectivity index (χ2v) is 5.52. The number of aliphatic hydroxyl groups excluding tert-OH is 1. The maximum atomic E-state index is 8.93. The van der Waals surface area contributed by atoms with E-state index in [0.29, 0.717) is 11.1 Å². The molecule has 1 rings (SSSR count). The van der Waals surface area contributed by atoms with E-state index in [2.05, 4.69) is 29.1 Å². The third kappa shape index (κ3) is 6.41. The summed E-state index contributed by atoms with van der Waals surface area (Å²) < 4.78 is 0. The second-order valence-electron chi connectivity index (χ2n) is 5.16. The zero-order valence-corrected chi connectivity index (χ0v) is 12.8. The van der Waals surface area contributed by atoms with Gasteiger partial charge in [-0.2, -0.15) is 0 Å². The molecule has 110 valence electrons. The van der Waals surface area contributed by atoms with Crippen LogP contribution >= 0.6 is 11.6 Å². The van der Waals surface area contributed by atoms with Gasteiger partial charge in [0.1, 0.15) is 5.82 Å². The van der Waals surface area contributed by atoms with E-state index in [1.54, 1.807) is 0 Å². The fourth-order valence-corrected chi connectivity index (χ4v) is 2.12. The normalized spacial score (nSPS) is 12.8. The number of hydrogen-bond acceptors (Lipinski definition) is 3. The van der Waals surface area contributed by atoms with Crippen LogP contribution in [-0.4, -0.2) is 28.2 Å². The Morgan fingerprint density at radius 3 is 2.89 bits per heavy atom. The monoisotopic (exact) mass is 287 g/mol. The summed E-state index contributed by atoms with van der Waals surface area (Å²) in [4.78, 5) is 7.61. The molecule has 0 amide bonds. The lowest BCUT2D eigenvalue weighted by Crippen LogP contribution is -2.16. The Hall–Kier alpha value is -0.580. The molecule has 0 aromatic carbocycles. The quantitative estimate of drug-likeness (QED) is 0.580. The van der Waals surface area contributed by atoms with Crippen LogP contribution in [0.25, 0.3) is 0 Å². The van der Waals surface area contributed by atoms with Crippen LogP contribution in [0.3, 0.4) is 0 Å². The number of hydrogen-bond donors (Lipinski definition) is 3. The maximum absolute atomic E-state index is 8.93. The molecule has 1 atom stereocenters. The van der Waals surface area contributed by atoms with Gasteiger partial charge >= 0.3 is 0 Å². The van der Waals surface area contributed by atoms with E-state index in [9.17, 15) is 0 Å². The Balaban J connectivity index is 2.23. The first-order chi connectivity index (χ1) is 9.17. The number of rotatable bonds is 10. The van der Waals surface area contributed by atoms with Gasteiger partial charge in [0, 0.05) is 19.6 Å². The highest BCUT2D eigenvalue weighted by atomic mass is 35.5. The third-order valence-electron chi connectivity index (χ3n) is 3.21. The van der Waals surface area contributed by atoms with Crippen LogP contribution in [0.15, 0.2) is 0 Å². The van der Waals surface area contributed by atoms with Crippen LogP contribution < -0.4 is 5.32 Å². The summed E-state index contributed by atoms with van der Waals surface area (Å²) in [5, 5.41) is 12.9. The highest BCUT2D eigenvalue weighted by molar-refractivity contribution is 6.30. The molecule has 4 nitrogen and oxygen atoms in total. The summed E-state index contributed by atoms with van der Waals surface area (Å²) in [7, 11) is 0. The van der Waals surface area contributed by atoms with Crippen LogP contribution in [0, 0.1) is 5.92 Å². The lowest BCUT2D eigenvalue weighted by Gasteiger charge is -2.07. The minimum atomic E-state index is 0.271. The molecular weight excluding hydrogens is 262 g/mol. The van der Waals surface area contributed by atoms with Crippen molar-refractivity contribution in [3.63, 3.8) is 0 Å². The number of aryl methyl sites for hydroxylation is 1. The standard InChI is InChI=1S/C14H26ClN3O/c1-3-4-7-13-17-12(14(15)18-13)9-16-8-5-6-11(2)10-19/h11,16,19H,3-10H2,1-2H3,(H,17,18). The van der Waals surface area contributed by atoms with Crippen molar-refractivity contribution in [1.29, 1.82) is 0 Å². The summed E-state index contributed by atoms with van der Waals surface area (Å²) >= 11 is 6.09. The largest absolute Gasteiger partial charge is 0.396 e. The van der Waals surface area contributed by atoms with Gasteiger partial charge in [-0.05, 0) is 31.7 Å². The fraction of sp³-hybridized carbons (Fsp3) is 0.786. The van der Waals surface area contributed by atoms with Crippen molar-refractivity contribution < 1.29 is 5.11 Å². The van der Waals surface area contributed by atoms with Crippen molar-refractivity contribution in [1.82, 2.24) is 15.3 Å². The number of halogens is 1. The van der Waals surface area contributed by atoms with Gasteiger partial charge in [0.05, 0.1) is 5.69 Å². The zero-order chi connectivity index (χ0) is 14.1. The Morgan fingerprint density at radius 1 is 1.42 bits per heavy atom. The lowest BCUT2D eigenvalue weighted by atomic mass is 10.1. The van der Waals surface area contributed by atoms with Crippen LogP contribution in [0.2, 0.25) is 5.15 Å². The predicted molar refractivity (Wildman–Crippen MR) is 79.4 cm³/mol. The molecular formula is C14H26ClN3O. The van der Waals surface area contributed by atoms with Gasteiger partial charge in [0.15, 0.2) is 5.15 Å². The lowest BCUT2D eigenvalue weighted by molar-refractivity contribution is 0.228. The van der Waals surface area contributed by atoms with Crippen molar-refractivity contribution in [2.45, 2.75) is 52.5 Å². The molecule has 0 aliphatic heterocycles. The number of aromatic amines is 1. The molecule has 19 heavy (non-hydrogen) atoms. The number of H-pyrrole nitrogens is 1. The van der Waals surface area contributed by atoms with Crippen molar-refractivity contribution >= 4 is 11.6 Å². The van der Waals surface area contributed by atoms with Crippen LogP contribution in [0.5, 0.6) is 0 Å². The van der Waals surface area contributed by atoms with Crippen molar-refractivity contribution in [2.24, 2.45) is 5.92 Å². The fourth-order valence-electron chi connectivity index (χ4n) is 1.90. The first-order valence-electron chi connectivity index (χ1n) is 7.22. The number of unbranched alkanes of at least 4 members (excludes halogenated alkanes) is 1. The van der Waals surface area contributed by atoms with Gasteiger partial charge < -0.3 is 15.4 Å². The van der Waals surface area contributed by atoms with E-state index in [-0.39, 0.29) is 6.61 Å². The van der Waals surface area contributed by atoms with Crippen molar-refractivity contribution in [3.8, 4) is 0 Å². The Labute approximate surface area is 121 Å². The highest BCUT2D eigenvalue weighted by Gasteiger charge is 2.07. The van der Waals surface area contributed by atoms with Gasteiger partial charge in [0.25, 0.3) is 0 Å². The molecule has 0 radical (unpaired) electrons. The van der Waals surface area contributed by atoms with E-state index < -0.39 is 0 Å². The molecule has 0 bridgehead atoms. The van der Waals surface area contributed by atoms with Gasteiger partial charge in [-0.25, -0.2) is 4.98 Å². The molecule has 0 spiro atoms. The van der Waals surface area contributed by atoms with E-state index in [1.807, 2.05) is 0 Å². The summed E-state index contributed by atoms with van der Waals surface area (Å²) in [5.41, 5.74) is 0.975. The number of aliphatic hydroxyl groups is 1. The topological polar surface area (TPSA) is 60.9 Å². The third-order valence-corrected chi connectivity index (χ3v) is 3.52. The molecule has 0 saturated carbocycles. The molecule has 0 saturated heterocycles. The minimum absolute atomic E-state index is 0.271. The van der Waals surface area contributed by atoms with Crippen LogP contribution in [0.4, 0.5) is 0 Å². The van der Waals surface area contributed by atoms with Gasteiger partial charge in [-0.3, -0.25) is 0 Å². The van der Waals surface area contributed by atoms with Crippen LogP contribution in [0.1, 0.15) is 51.0 Å². The molecule has 5 heteroatoms. The Morgan fingerprint density at radius 2 is 2.21 bits per heavy atom. The van der Waals surface area contributed by atoms with E-state index >= 15 is 0 Å². The minimum Gasteiger partial charge on any atom is -0.396 e. The molecule has 3 N–H and O–H groups in total. The molecule has 1 aromatic rings. The van der Waals surface area contributed by atoms with Crippen molar-refractivity contribution in [2.75, 3.05) is 13.2 Å². The average Bonchev–Trinajstić information content (AvgIpc) is 2.76. The predicted octanol–water partition coefficient (Wildman–Crippen LogP) is 2.90. The summed E-state index contributed by atoms with van der Waals surface area (Å²) in [6, 6.07) is 0. The van der Waals surface area contributed by atoms with Gasteiger partial charge in [-0.1, -0.05) is 31.9 Å². The first kappa shape index (κ1) is 16.5. The number of nitrogens with one attached hydrogen (secondary N) is 2. The smallest absolute Gasteiger partial charge is 0.151 e. The number of imidazole rings is 1. The molecule has 0 fully saturated rings. The Bertz CT molecular complexity index is 354. The number of nitrogens with zero attached hydrogens (tertiary/aromatic N) is 1. The first-order valence-corrected chi connectivity index (χ1v) is 7.60. The highest BCUT2D eigenvalue weighted by Crippen LogP contribution is 2.14. The SMILES string of the molecule is CCCCc1nc(Cl)c(CNCCCC(C)CO)[nH]1. The average molecular weight is 288 g/mol. The van der Waals surface area contributed by atoms with E-state index in [0.717, 1.165) is 56.7 Å². The molecule has 0 aliphatic carbocycles. The summed E-state index contributed by atoms with van der Waals surface area (Å²) in [5.74, 6) is 1.37. The molecule has 1 heterocycles. The zero-order valence-electron chi connectivity index (χ0n) is 12.0.